The number of nitrogens with zero attached hydrogens (tertiary/aromatic N) is 2. The van der Waals surface area contributed by atoms with Crippen molar-refractivity contribution in [2.24, 2.45) is 5.92 Å². The Morgan fingerprint density at radius 1 is 1.27 bits per heavy atom. The first-order valence-electron chi connectivity index (χ1n) is 9.88. The molecule has 1 aromatic carbocycles. The van der Waals surface area contributed by atoms with Gasteiger partial charge in [-0.25, -0.2) is 9.78 Å². The molecule has 0 atom stereocenters. The number of urea groups is 1. The van der Waals surface area contributed by atoms with Crippen LogP contribution in [0.25, 0.3) is 0 Å². The first-order valence-corrected chi connectivity index (χ1v) is 10.8. The van der Waals surface area contributed by atoms with Gasteiger partial charge in [0.2, 0.25) is 5.91 Å². The molecule has 0 spiro atoms. The van der Waals surface area contributed by atoms with E-state index in [1.165, 1.54) is 11.3 Å². The van der Waals surface area contributed by atoms with Crippen molar-refractivity contribution in [3.63, 3.8) is 0 Å². The summed E-state index contributed by atoms with van der Waals surface area (Å²) in [7, 11) is 3.60. The molecule has 8 nitrogen and oxygen atoms in total. The van der Waals surface area contributed by atoms with Crippen LogP contribution >= 0.6 is 11.3 Å². The Balaban J connectivity index is 1.96. The first kappa shape index (κ1) is 23.6. The summed E-state index contributed by atoms with van der Waals surface area (Å²) in [6, 6.07) is 5.55. The van der Waals surface area contributed by atoms with Crippen molar-refractivity contribution in [3.8, 4) is 0 Å². The summed E-state index contributed by atoms with van der Waals surface area (Å²) >= 11 is 1.28. The van der Waals surface area contributed by atoms with Crippen LogP contribution in [0.3, 0.4) is 0 Å². The van der Waals surface area contributed by atoms with Gasteiger partial charge in [-0.15, -0.1) is 11.3 Å². The molecule has 0 saturated heterocycles. The van der Waals surface area contributed by atoms with Gasteiger partial charge < -0.3 is 20.3 Å². The minimum Gasteiger partial charge on any atom is -0.383 e. The van der Waals surface area contributed by atoms with E-state index in [2.05, 4.69) is 45.7 Å². The van der Waals surface area contributed by atoms with E-state index in [0.717, 1.165) is 23.5 Å². The summed E-state index contributed by atoms with van der Waals surface area (Å²) in [6.07, 6.45) is 0.158. The van der Waals surface area contributed by atoms with Crippen LogP contribution in [-0.4, -0.2) is 50.8 Å². The third kappa shape index (κ3) is 7.64. The molecule has 0 unspecified atom stereocenters. The van der Waals surface area contributed by atoms with Crippen LogP contribution in [-0.2, 0) is 16.0 Å². The normalized spacial score (nSPS) is 10.7. The number of amides is 3. The number of aromatic nitrogens is 1. The van der Waals surface area contributed by atoms with Crippen molar-refractivity contribution in [1.82, 2.24) is 10.3 Å². The topological polar surface area (TPSA) is 95.6 Å². The molecule has 0 radical (unpaired) electrons. The minimum absolute atomic E-state index is 0.133. The summed E-state index contributed by atoms with van der Waals surface area (Å²) in [4.78, 5) is 30.8. The molecule has 164 valence electrons. The van der Waals surface area contributed by atoms with E-state index >= 15 is 0 Å². The van der Waals surface area contributed by atoms with Gasteiger partial charge in [0.05, 0.1) is 30.1 Å². The van der Waals surface area contributed by atoms with E-state index < -0.39 is 0 Å². The molecule has 3 amide bonds. The Bertz CT molecular complexity index is 853. The number of anilines is 3. The standard InChI is InChI=1S/C21H31N5O3S/c1-14(2)12-26(4)18-10-15(3)6-7-17(18)24-20(28)25-21-23-16(13-30-21)11-19(27)22-8-9-29-5/h6-7,10,13-14H,8-9,11-12H2,1-5H3,(H,22,27)(H2,23,24,25,28). The molecule has 30 heavy (non-hydrogen) atoms. The number of thiazole rings is 1. The predicted octanol–water partition coefficient (Wildman–Crippen LogP) is 3.49. The fourth-order valence-electron chi connectivity index (χ4n) is 2.93. The van der Waals surface area contributed by atoms with Crippen LogP contribution in [0, 0.1) is 12.8 Å². The summed E-state index contributed by atoms with van der Waals surface area (Å²) < 4.78 is 4.90. The molecule has 0 fully saturated rings. The van der Waals surface area contributed by atoms with E-state index in [4.69, 9.17) is 4.74 Å². The van der Waals surface area contributed by atoms with Crippen LogP contribution in [0.2, 0.25) is 0 Å². The van der Waals surface area contributed by atoms with Gasteiger partial charge in [-0.05, 0) is 30.5 Å². The monoisotopic (exact) mass is 433 g/mol. The SMILES string of the molecule is COCCNC(=O)Cc1csc(NC(=O)Nc2ccc(C)cc2N(C)CC(C)C)n1. The zero-order valence-corrected chi connectivity index (χ0v) is 19.1. The number of rotatable bonds is 10. The Hall–Kier alpha value is -2.65. The van der Waals surface area contributed by atoms with Crippen molar-refractivity contribution >= 4 is 39.8 Å². The second-order valence-electron chi connectivity index (χ2n) is 7.54. The maximum atomic E-state index is 12.5. The van der Waals surface area contributed by atoms with Crippen molar-refractivity contribution in [1.29, 1.82) is 0 Å². The second kappa shape index (κ2) is 11.5. The number of nitrogens with one attached hydrogen (secondary N) is 3. The molecule has 9 heteroatoms. The number of carbonyl (C=O) groups excluding carboxylic acids is 2. The average Bonchev–Trinajstić information content (AvgIpc) is 3.09. The highest BCUT2D eigenvalue weighted by molar-refractivity contribution is 7.14. The third-order valence-electron chi connectivity index (χ3n) is 4.19. The van der Waals surface area contributed by atoms with Gasteiger partial charge in [0.25, 0.3) is 0 Å². The van der Waals surface area contributed by atoms with Gasteiger partial charge in [-0.3, -0.25) is 10.1 Å². The van der Waals surface area contributed by atoms with Crippen LogP contribution in [0.1, 0.15) is 25.1 Å². The van der Waals surface area contributed by atoms with Crippen LogP contribution < -0.4 is 20.9 Å². The largest absolute Gasteiger partial charge is 0.383 e. The number of benzene rings is 1. The average molecular weight is 434 g/mol. The van der Waals surface area contributed by atoms with Gasteiger partial charge in [-0.1, -0.05) is 19.9 Å². The summed E-state index contributed by atoms with van der Waals surface area (Å²) in [5.74, 6) is 0.364. The van der Waals surface area contributed by atoms with Gasteiger partial charge in [0.15, 0.2) is 5.13 Å². The minimum atomic E-state index is -0.372. The Morgan fingerprint density at radius 3 is 2.73 bits per heavy atom. The van der Waals surface area contributed by atoms with E-state index in [0.29, 0.717) is 29.9 Å². The maximum absolute atomic E-state index is 12.5. The number of ether oxygens (including phenoxy) is 1. The van der Waals surface area contributed by atoms with Gasteiger partial charge in [0, 0.05) is 32.6 Å². The van der Waals surface area contributed by atoms with E-state index in [1.807, 2.05) is 26.1 Å². The van der Waals surface area contributed by atoms with Crippen LogP contribution in [0.5, 0.6) is 0 Å². The number of hydrogen-bond acceptors (Lipinski definition) is 6. The lowest BCUT2D eigenvalue weighted by Gasteiger charge is -2.25. The van der Waals surface area contributed by atoms with Crippen molar-refractivity contribution in [2.45, 2.75) is 27.2 Å². The smallest absolute Gasteiger partial charge is 0.325 e. The van der Waals surface area contributed by atoms with Gasteiger partial charge >= 0.3 is 6.03 Å². The van der Waals surface area contributed by atoms with E-state index in [1.54, 1.807) is 12.5 Å². The van der Waals surface area contributed by atoms with Crippen molar-refractivity contribution in [2.75, 3.05) is 49.4 Å². The molecule has 0 bridgehead atoms. The lowest BCUT2D eigenvalue weighted by molar-refractivity contribution is -0.120. The third-order valence-corrected chi connectivity index (χ3v) is 5.00. The van der Waals surface area contributed by atoms with Crippen molar-refractivity contribution < 1.29 is 14.3 Å². The van der Waals surface area contributed by atoms with Crippen LogP contribution in [0.15, 0.2) is 23.6 Å². The first-order chi connectivity index (χ1) is 14.3. The summed E-state index contributed by atoms with van der Waals surface area (Å²) in [6.45, 7) is 8.13. The molecule has 0 aliphatic rings. The molecule has 3 N–H and O–H groups in total. The molecule has 0 saturated carbocycles. The fraction of sp³-hybridized carbons (Fsp3) is 0.476. The highest BCUT2D eigenvalue weighted by atomic mass is 32.1. The Kier molecular flexibility index (Phi) is 9.07. The molecular weight excluding hydrogens is 402 g/mol. The predicted molar refractivity (Wildman–Crippen MR) is 123 cm³/mol. The lowest BCUT2D eigenvalue weighted by Crippen LogP contribution is -2.28. The Morgan fingerprint density at radius 2 is 2.03 bits per heavy atom. The highest BCUT2D eigenvalue weighted by Gasteiger charge is 2.14. The van der Waals surface area contributed by atoms with Crippen LogP contribution in [0.4, 0.5) is 21.3 Å². The quantitative estimate of drug-likeness (QED) is 0.499. The second-order valence-corrected chi connectivity index (χ2v) is 8.40. The summed E-state index contributed by atoms with van der Waals surface area (Å²) in [5, 5.41) is 10.6. The molecule has 0 aliphatic carbocycles. The summed E-state index contributed by atoms with van der Waals surface area (Å²) in [5.41, 5.74) is 3.43. The zero-order chi connectivity index (χ0) is 22.1. The van der Waals surface area contributed by atoms with Gasteiger partial charge in [-0.2, -0.15) is 0 Å². The molecule has 0 aliphatic heterocycles. The van der Waals surface area contributed by atoms with Crippen molar-refractivity contribution in [3.05, 3.63) is 34.8 Å². The number of aryl methyl sites for hydroxylation is 1. The number of carbonyl (C=O) groups is 2. The maximum Gasteiger partial charge on any atom is 0.325 e. The fourth-order valence-corrected chi connectivity index (χ4v) is 3.63. The Labute approximate surface area is 182 Å². The van der Waals surface area contributed by atoms with Gasteiger partial charge in [0.1, 0.15) is 0 Å². The lowest BCUT2D eigenvalue weighted by atomic mass is 10.1. The highest BCUT2D eigenvalue weighted by Crippen LogP contribution is 2.27. The molecule has 2 aromatic rings. The zero-order valence-electron chi connectivity index (χ0n) is 18.2. The van der Waals surface area contributed by atoms with E-state index in [9.17, 15) is 9.59 Å². The number of hydrogen-bond donors (Lipinski definition) is 3. The number of methoxy groups -OCH3 is 1. The molecule has 2 rings (SSSR count). The molecule has 1 aromatic heterocycles. The van der Waals surface area contributed by atoms with E-state index in [-0.39, 0.29) is 18.4 Å². The molecular formula is C21H31N5O3S. The molecule has 1 heterocycles.